The van der Waals surface area contributed by atoms with Gasteiger partial charge in [0, 0.05) is 37.5 Å². The first-order valence-electron chi connectivity index (χ1n) is 11.3. The molecule has 2 aromatic heterocycles. The number of anilines is 1. The summed E-state index contributed by atoms with van der Waals surface area (Å²) in [6.07, 6.45) is 1.75. The molecule has 0 aliphatic heterocycles. The molecule has 8 nitrogen and oxygen atoms in total. The molecule has 4 aromatic rings. The molecule has 0 unspecified atom stereocenters. The third-order valence-corrected chi connectivity index (χ3v) is 7.66. The largest absolute Gasteiger partial charge is 0.380 e. The monoisotopic (exact) mass is 492 g/mol. The van der Waals surface area contributed by atoms with Gasteiger partial charge in [-0.15, -0.1) is 0 Å². The first kappa shape index (κ1) is 24.4. The van der Waals surface area contributed by atoms with Crippen molar-refractivity contribution in [3.63, 3.8) is 0 Å². The van der Waals surface area contributed by atoms with Crippen LogP contribution in [0, 0.1) is 6.92 Å². The van der Waals surface area contributed by atoms with Crippen molar-refractivity contribution in [1.29, 1.82) is 0 Å². The van der Waals surface area contributed by atoms with Gasteiger partial charge in [0.05, 0.1) is 12.3 Å². The molecule has 35 heavy (non-hydrogen) atoms. The molecule has 0 spiro atoms. The van der Waals surface area contributed by atoms with Crippen LogP contribution in [0.1, 0.15) is 29.3 Å². The second-order valence-corrected chi connectivity index (χ2v) is 10.0. The number of pyridine rings is 1. The summed E-state index contributed by atoms with van der Waals surface area (Å²) in [4.78, 5) is 17.5. The van der Waals surface area contributed by atoms with Crippen LogP contribution in [0.5, 0.6) is 0 Å². The minimum atomic E-state index is -3.80. The first-order chi connectivity index (χ1) is 16.8. The van der Waals surface area contributed by atoms with Gasteiger partial charge in [-0.1, -0.05) is 42.5 Å². The maximum absolute atomic E-state index is 13.2. The number of para-hydroxylation sites is 1. The number of hydrogen-bond donors (Lipinski definition) is 1. The Labute approximate surface area is 204 Å². The van der Waals surface area contributed by atoms with Crippen LogP contribution in [0.3, 0.4) is 0 Å². The van der Waals surface area contributed by atoms with Crippen LogP contribution in [0.25, 0.3) is 5.82 Å². The molecule has 0 fully saturated rings. The number of benzene rings is 2. The lowest BCUT2D eigenvalue weighted by atomic mass is 10.0. The van der Waals surface area contributed by atoms with Crippen molar-refractivity contribution in [2.75, 3.05) is 18.0 Å². The lowest BCUT2D eigenvalue weighted by molar-refractivity contribution is 0.185. The number of nitrogens with zero attached hydrogens (tertiary/aromatic N) is 3. The highest BCUT2D eigenvalue weighted by atomic mass is 32.2. The van der Waals surface area contributed by atoms with Crippen molar-refractivity contribution in [3.8, 4) is 5.82 Å². The van der Waals surface area contributed by atoms with E-state index in [0.717, 1.165) is 16.8 Å². The Balaban J connectivity index is 1.59. The van der Waals surface area contributed by atoms with Crippen LogP contribution in [0.4, 0.5) is 5.69 Å². The van der Waals surface area contributed by atoms with Gasteiger partial charge < -0.3 is 4.74 Å². The summed E-state index contributed by atoms with van der Waals surface area (Å²) in [6, 6.07) is 19.8. The molecule has 182 valence electrons. The second-order valence-electron chi connectivity index (χ2n) is 8.14. The zero-order chi connectivity index (χ0) is 25.0. The number of aryl methyl sites for hydroxylation is 1. The number of aromatic amines is 1. The van der Waals surface area contributed by atoms with Crippen molar-refractivity contribution >= 4 is 15.7 Å². The molecule has 4 rings (SSSR count). The maximum atomic E-state index is 13.2. The molecule has 0 radical (unpaired) electrons. The number of H-pyrrole nitrogens is 1. The smallest absolute Gasteiger partial charge is 0.276 e. The lowest BCUT2D eigenvalue weighted by Crippen LogP contribution is -2.30. The van der Waals surface area contributed by atoms with Crippen LogP contribution in [-0.2, 0) is 27.8 Å². The van der Waals surface area contributed by atoms with Crippen molar-refractivity contribution in [2.45, 2.75) is 31.8 Å². The highest BCUT2D eigenvalue weighted by molar-refractivity contribution is 7.92. The predicted molar refractivity (Wildman–Crippen MR) is 136 cm³/mol. The maximum Gasteiger partial charge on any atom is 0.276 e. The minimum absolute atomic E-state index is 0.0552. The summed E-state index contributed by atoms with van der Waals surface area (Å²) in [7, 11) is -2.15. The molecule has 0 saturated heterocycles. The van der Waals surface area contributed by atoms with E-state index in [1.807, 2.05) is 37.3 Å². The summed E-state index contributed by atoms with van der Waals surface area (Å²) in [6.45, 7) is 4.43. The van der Waals surface area contributed by atoms with Crippen LogP contribution in [0.15, 0.2) is 82.6 Å². The van der Waals surface area contributed by atoms with Crippen molar-refractivity contribution in [1.82, 2.24) is 14.8 Å². The third-order valence-electron chi connectivity index (χ3n) is 5.78. The molecule has 9 heteroatoms. The van der Waals surface area contributed by atoms with Gasteiger partial charge in [-0.3, -0.25) is 14.2 Å². The fraction of sp³-hybridized carbons (Fsp3) is 0.231. The zero-order valence-corrected chi connectivity index (χ0v) is 20.7. The van der Waals surface area contributed by atoms with Crippen LogP contribution < -0.4 is 9.86 Å². The molecule has 0 aliphatic carbocycles. The number of nitrogens with one attached hydrogen (secondary N) is 1. The Kier molecular flexibility index (Phi) is 7.18. The van der Waals surface area contributed by atoms with Crippen LogP contribution in [-0.4, -0.2) is 36.8 Å². The van der Waals surface area contributed by atoms with E-state index < -0.39 is 10.0 Å². The minimum Gasteiger partial charge on any atom is -0.380 e. The van der Waals surface area contributed by atoms with Crippen LogP contribution in [0.2, 0.25) is 0 Å². The molecule has 0 aliphatic rings. The van der Waals surface area contributed by atoms with E-state index in [-0.39, 0.29) is 17.0 Å². The van der Waals surface area contributed by atoms with Crippen LogP contribution >= 0.6 is 0 Å². The molecule has 0 saturated carbocycles. The number of ether oxygens (including phenoxy) is 1. The average Bonchev–Trinajstić information content (AvgIpc) is 3.15. The van der Waals surface area contributed by atoms with Gasteiger partial charge in [0.15, 0.2) is 5.82 Å². The van der Waals surface area contributed by atoms with E-state index in [0.29, 0.717) is 30.1 Å². The molecule has 2 aromatic carbocycles. The Morgan fingerprint density at radius 3 is 2.29 bits per heavy atom. The van der Waals surface area contributed by atoms with Gasteiger partial charge >= 0.3 is 0 Å². The molecule has 0 bridgehead atoms. The summed E-state index contributed by atoms with van der Waals surface area (Å²) < 4.78 is 34.2. The molecule has 2 heterocycles. The van der Waals surface area contributed by atoms with Gasteiger partial charge in [-0.2, -0.15) is 0 Å². The quantitative estimate of drug-likeness (QED) is 0.383. The summed E-state index contributed by atoms with van der Waals surface area (Å²) in [5.41, 5.74) is 3.79. The number of sulfonamides is 1. The Morgan fingerprint density at radius 2 is 1.69 bits per heavy atom. The molecule has 0 atom stereocenters. The van der Waals surface area contributed by atoms with E-state index in [2.05, 4.69) is 10.1 Å². The molecule has 0 amide bonds. The van der Waals surface area contributed by atoms with E-state index in [4.69, 9.17) is 4.74 Å². The Bertz CT molecular complexity index is 1440. The molecular weight excluding hydrogens is 464 g/mol. The van der Waals surface area contributed by atoms with E-state index in [9.17, 15) is 13.2 Å². The molecule has 1 N–H and O–H groups in total. The predicted octanol–water partition coefficient (Wildman–Crippen LogP) is 3.82. The van der Waals surface area contributed by atoms with E-state index in [1.165, 1.54) is 27.3 Å². The van der Waals surface area contributed by atoms with Gasteiger partial charge in [-0.05, 0) is 49.2 Å². The number of rotatable bonds is 9. The Morgan fingerprint density at radius 1 is 1.00 bits per heavy atom. The third kappa shape index (κ3) is 5.06. The van der Waals surface area contributed by atoms with Gasteiger partial charge in [0.1, 0.15) is 4.90 Å². The molecular formula is C26H28N4O4S. The lowest BCUT2D eigenvalue weighted by Gasteiger charge is -2.22. The highest BCUT2D eigenvalue weighted by Gasteiger charge is 2.24. The van der Waals surface area contributed by atoms with E-state index >= 15 is 0 Å². The zero-order valence-electron chi connectivity index (χ0n) is 19.9. The number of aromatic nitrogens is 3. The van der Waals surface area contributed by atoms with Crippen molar-refractivity contribution in [2.24, 2.45) is 0 Å². The fourth-order valence-corrected chi connectivity index (χ4v) is 5.36. The average molecular weight is 493 g/mol. The topological polar surface area (TPSA) is 97.3 Å². The van der Waals surface area contributed by atoms with Crippen molar-refractivity contribution in [3.05, 3.63) is 106 Å². The summed E-state index contributed by atoms with van der Waals surface area (Å²) >= 11 is 0. The number of methoxy groups -OCH3 is 1. The van der Waals surface area contributed by atoms with E-state index in [1.54, 1.807) is 38.3 Å². The van der Waals surface area contributed by atoms with Crippen molar-refractivity contribution < 1.29 is 13.2 Å². The standard InChI is InChI=1S/C26H28N4O4S/c1-4-29(22-8-6-5-7-9-22)35(32,33)23-14-15-25(27-17-23)30-26(31)24(19(2)28-30)16-20-10-12-21(13-11-20)18-34-3/h5-15,17,28H,4,16,18H2,1-3H3. The SMILES string of the molecule is CCN(c1ccccc1)S(=O)(=O)c1ccc(-n2[nH]c(C)c(Cc3ccc(COC)cc3)c2=O)nc1. The first-order valence-corrected chi connectivity index (χ1v) is 12.7. The van der Waals surface area contributed by atoms with Gasteiger partial charge in [-0.25, -0.2) is 18.1 Å². The highest BCUT2D eigenvalue weighted by Crippen LogP contribution is 2.23. The normalized spacial score (nSPS) is 11.5. The number of hydrogen-bond acceptors (Lipinski definition) is 5. The fourth-order valence-electron chi connectivity index (χ4n) is 3.95. The second kappa shape index (κ2) is 10.3. The van der Waals surface area contributed by atoms with Gasteiger partial charge in [0.25, 0.3) is 15.6 Å². The summed E-state index contributed by atoms with van der Waals surface area (Å²) in [5.74, 6) is 0.321. The summed E-state index contributed by atoms with van der Waals surface area (Å²) in [5, 5.41) is 3.06. The Hall–Kier alpha value is -3.69. The van der Waals surface area contributed by atoms with Gasteiger partial charge in [0.2, 0.25) is 0 Å².